The van der Waals surface area contributed by atoms with Crippen LogP contribution in [0.15, 0.2) is 24.4 Å². The summed E-state index contributed by atoms with van der Waals surface area (Å²) in [5, 5.41) is 14.0. The zero-order valence-electron chi connectivity index (χ0n) is 13.6. The van der Waals surface area contributed by atoms with Crippen LogP contribution in [0.1, 0.15) is 45.3 Å². The van der Waals surface area contributed by atoms with Gasteiger partial charge in [-0.3, -0.25) is 9.48 Å². The summed E-state index contributed by atoms with van der Waals surface area (Å²) in [6.45, 7) is 2.85. The third-order valence-corrected chi connectivity index (χ3v) is 5.37. The minimum Gasteiger partial charge on any atom is -0.478 e. The van der Waals surface area contributed by atoms with Gasteiger partial charge in [0, 0.05) is 13.1 Å². The largest absolute Gasteiger partial charge is 0.478 e. The third kappa shape index (κ3) is 3.37. The molecule has 2 heterocycles. The molecule has 132 valence electrons. The third-order valence-electron chi connectivity index (χ3n) is 4.55. The van der Waals surface area contributed by atoms with E-state index in [0.717, 1.165) is 0 Å². The van der Waals surface area contributed by atoms with Crippen LogP contribution >= 0.6 is 23.2 Å². The maximum Gasteiger partial charge on any atom is 0.339 e. The predicted octanol–water partition coefficient (Wildman–Crippen LogP) is 3.67. The van der Waals surface area contributed by atoms with Crippen LogP contribution in [-0.2, 0) is 0 Å². The Labute approximate surface area is 154 Å². The number of aromatic nitrogens is 2. The molecule has 8 heteroatoms. The lowest BCUT2D eigenvalue weighted by atomic mass is 10.0. The lowest BCUT2D eigenvalue weighted by Gasteiger charge is -2.33. The monoisotopic (exact) mass is 381 g/mol. The zero-order valence-corrected chi connectivity index (χ0v) is 15.1. The van der Waals surface area contributed by atoms with Gasteiger partial charge in [-0.2, -0.15) is 5.10 Å². The maximum atomic E-state index is 12.7. The number of carboxylic acid groups (broad SMARTS) is 1. The highest BCUT2D eigenvalue weighted by molar-refractivity contribution is 6.43. The van der Waals surface area contributed by atoms with E-state index >= 15 is 0 Å². The van der Waals surface area contributed by atoms with Gasteiger partial charge in [-0.1, -0.05) is 29.3 Å². The first-order chi connectivity index (χ1) is 11.9. The summed E-state index contributed by atoms with van der Waals surface area (Å²) in [5.41, 5.74) is 1.25. The van der Waals surface area contributed by atoms with Crippen LogP contribution in [0.4, 0.5) is 0 Å². The van der Waals surface area contributed by atoms with Crippen LogP contribution in [0.25, 0.3) is 0 Å². The minimum atomic E-state index is -0.980. The van der Waals surface area contributed by atoms with Crippen molar-refractivity contribution in [3.8, 4) is 0 Å². The van der Waals surface area contributed by atoms with Crippen molar-refractivity contribution in [2.75, 3.05) is 13.1 Å². The minimum absolute atomic E-state index is 0.0759. The fourth-order valence-electron chi connectivity index (χ4n) is 3.15. The lowest BCUT2D eigenvalue weighted by Crippen LogP contribution is -2.39. The molecule has 0 bridgehead atoms. The smallest absolute Gasteiger partial charge is 0.339 e. The molecule has 0 aliphatic carbocycles. The summed E-state index contributed by atoms with van der Waals surface area (Å²) < 4.78 is 1.75. The number of nitrogens with zero attached hydrogens (tertiary/aromatic N) is 3. The van der Waals surface area contributed by atoms with Crippen LogP contribution in [0, 0.1) is 6.92 Å². The van der Waals surface area contributed by atoms with E-state index in [9.17, 15) is 9.59 Å². The van der Waals surface area contributed by atoms with Gasteiger partial charge in [-0.05, 0) is 31.9 Å². The average Bonchev–Trinajstić information content (AvgIpc) is 2.98. The van der Waals surface area contributed by atoms with Crippen LogP contribution in [0.2, 0.25) is 10.0 Å². The summed E-state index contributed by atoms with van der Waals surface area (Å²) >= 11 is 12.1. The van der Waals surface area contributed by atoms with Crippen molar-refractivity contribution >= 4 is 35.1 Å². The topological polar surface area (TPSA) is 75.4 Å². The molecule has 25 heavy (non-hydrogen) atoms. The second-order valence-electron chi connectivity index (χ2n) is 6.02. The van der Waals surface area contributed by atoms with E-state index in [2.05, 4.69) is 5.10 Å². The van der Waals surface area contributed by atoms with Crippen LogP contribution < -0.4 is 0 Å². The molecule has 2 aromatic rings. The molecule has 1 aromatic heterocycles. The van der Waals surface area contributed by atoms with E-state index in [4.69, 9.17) is 28.3 Å². The van der Waals surface area contributed by atoms with E-state index in [0.29, 0.717) is 42.2 Å². The summed E-state index contributed by atoms with van der Waals surface area (Å²) in [4.78, 5) is 25.5. The number of hydrogen-bond donors (Lipinski definition) is 1. The molecular formula is C17H17Cl2N3O3. The number of amides is 1. The van der Waals surface area contributed by atoms with Gasteiger partial charge in [0.2, 0.25) is 0 Å². The molecule has 1 N–H and O–H groups in total. The Hall–Kier alpha value is -2.05. The Balaban J connectivity index is 1.71. The molecule has 1 saturated heterocycles. The van der Waals surface area contributed by atoms with Gasteiger partial charge < -0.3 is 10.0 Å². The fourth-order valence-corrected chi connectivity index (χ4v) is 3.54. The van der Waals surface area contributed by atoms with E-state index < -0.39 is 5.97 Å². The number of rotatable bonds is 3. The SMILES string of the molecule is Cc1c(C(=O)O)cnn1C1CCN(C(=O)c2cccc(Cl)c2Cl)CC1. The highest BCUT2D eigenvalue weighted by Crippen LogP contribution is 2.29. The van der Waals surface area contributed by atoms with E-state index in [1.54, 1.807) is 34.7 Å². The first kappa shape index (κ1) is 17.8. The molecule has 0 saturated carbocycles. The Morgan fingerprint density at radius 2 is 1.88 bits per heavy atom. The number of benzene rings is 1. The second-order valence-corrected chi connectivity index (χ2v) is 6.80. The zero-order chi connectivity index (χ0) is 18.1. The number of carbonyl (C=O) groups excluding carboxylic acids is 1. The Kier molecular flexibility index (Phi) is 5.01. The van der Waals surface area contributed by atoms with Crippen molar-refractivity contribution in [1.82, 2.24) is 14.7 Å². The van der Waals surface area contributed by atoms with Gasteiger partial charge in [0.25, 0.3) is 5.91 Å². The number of halogens is 2. The molecule has 3 rings (SSSR count). The average molecular weight is 382 g/mol. The molecule has 1 amide bonds. The number of carboxylic acids is 1. The Bertz CT molecular complexity index is 827. The van der Waals surface area contributed by atoms with Crippen molar-refractivity contribution in [2.24, 2.45) is 0 Å². The quantitative estimate of drug-likeness (QED) is 0.879. The molecule has 0 spiro atoms. The van der Waals surface area contributed by atoms with Gasteiger partial charge >= 0.3 is 5.97 Å². The number of piperidine rings is 1. The molecule has 0 unspecified atom stereocenters. The second kappa shape index (κ2) is 7.06. The van der Waals surface area contributed by atoms with E-state index in [1.807, 2.05) is 0 Å². The van der Waals surface area contributed by atoms with Crippen molar-refractivity contribution in [2.45, 2.75) is 25.8 Å². The molecule has 6 nitrogen and oxygen atoms in total. The summed E-state index contributed by atoms with van der Waals surface area (Å²) in [6, 6.07) is 5.09. The molecule has 0 atom stereocenters. The van der Waals surface area contributed by atoms with Gasteiger partial charge in [-0.15, -0.1) is 0 Å². The normalized spacial score (nSPS) is 15.4. The fraction of sp³-hybridized carbons (Fsp3) is 0.353. The molecule has 1 fully saturated rings. The Morgan fingerprint density at radius 1 is 1.20 bits per heavy atom. The van der Waals surface area contributed by atoms with Gasteiger partial charge in [-0.25, -0.2) is 4.79 Å². The van der Waals surface area contributed by atoms with E-state index in [1.165, 1.54) is 6.20 Å². The Morgan fingerprint density at radius 3 is 2.48 bits per heavy atom. The maximum absolute atomic E-state index is 12.7. The number of aromatic carboxylic acids is 1. The number of carbonyl (C=O) groups is 2. The van der Waals surface area contributed by atoms with Crippen molar-refractivity contribution in [3.05, 3.63) is 51.3 Å². The molecule has 0 radical (unpaired) electrons. The molecule has 1 aromatic carbocycles. The summed E-state index contributed by atoms with van der Waals surface area (Å²) in [7, 11) is 0. The first-order valence-electron chi connectivity index (χ1n) is 7.91. The van der Waals surface area contributed by atoms with Crippen LogP contribution in [-0.4, -0.2) is 44.8 Å². The lowest BCUT2D eigenvalue weighted by molar-refractivity contribution is 0.0688. The van der Waals surface area contributed by atoms with Crippen molar-refractivity contribution in [3.63, 3.8) is 0 Å². The summed E-state index contributed by atoms with van der Waals surface area (Å²) in [6.07, 6.45) is 2.78. The van der Waals surface area contributed by atoms with Crippen LogP contribution in [0.5, 0.6) is 0 Å². The van der Waals surface area contributed by atoms with Crippen LogP contribution in [0.3, 0.4) is 0 Å². The van der Waals surface area contributed by atoms with Gasteiger partial charge in [0.1, 0.15) is 5.56 Å². The number of hydrogen-bond acceptors (Lipinski definition) is 3. The highest BCUT2D eigenvalue weighted by Gasteiger charge is 2.28. The molecular weight excluding hydrogens is 365 g/mol. The molecule has 1 aliphatic rings. The summed E-state index contributed by atoms with van der Waals surface area (Å²) in [5.74, 6) is -1.12. The number of likely N-dealkylation sites (tertiary alicyclic amines) is 1. The van der Waals surface area contributed by atoms with Crippen molar-refractivity contribution in [1.29, 1.82) is 0 Å². The van der Waals surface area contributed by atoms with E-state index in [-0.39, 0.29) is 22.5 Å². The van der Waals surface area contributed by atoms with Gasteiger partial charge in [0.15, 0.2) is 0 Å². The predicted molar refractivity (Wildman–Crippen MR) is 94.6 cm³/mol. The first-order valence-corrected chi connectivity index (χ1v) is 8.66. The van der Waals surface area contributed by atoms with Crippen molar-refractivity contribution < 1.29 is 14.7 Å². The van der Waals surface area contributed by atoms with Gasteiger partial charge in [0.05, 0.1) is 33.5 Å². The molecule has 1 aliphatic heterocycles. The standard InChI is InChI=1S/C17H17Cl2N3O3/c1-10-13(17(24)25)9-20-22(10)11-5-7-21(8-6-11)16(23)12-3-2-4-14(18)15(12)19/h2-4,9,11H,5-8H2,1H3,(H,24,25). The highest BCUT2D eigenvalue weighted by atomic mass is 35.5.